The molecule has 0 radical (unpaired) electrons. The fourth-order valence-electron chi connectivity index (χ4n) is 9.82. The summed E-state index contributed by atoms with van der Waals surface area (Å²) in [5, 5.41) is 30.2. The van der Waals surface area contributed by atoms with Gasteiger partial charge in [-0.05, 0) is 137 Å². The van der Waals surface area contributed by atoms with Crippen LogP contribution in [0.2, 0.25) is 0 Å². The maximum Gasteiger partial charge on any atom is 0.123 e. The van der Waals surface area contributed by atoms with E-state index in [1.54, 1.807) is 34.8 Å². The highest BCUT2D eigenvalue weighted by Crippen LogP contribution is 2.43. The predicted octanol–water partition coefficient (Wildman–Crippen LogP) is 15.4. The van der Waals surface area contributed by atoms with Gasteiger partial charge >= 0.3 is 0 Å². The van der Waals surface area contributed by atoms with Crippen LogP contribution in [-0.4, -0.2) is 58.6 Å². The Hall–Kier alpha value is -4.74. The maximum absolute atomic E-state index is 13.5. The van der Waals surface area contributed by atoms with Gasteiger partial charge in [-0.1, -0.05) is 136 Å². The van der Waals surface area contributed by atoms with E-state index in [1.165, 1.54) is 40.3 Å². The summed E-state index contributed by atoms with van der Waals surface area (Å²) in [4.78, 5) is 4.62. The average Bonchev–Trinajstić information content (AvgIpc) is 4.12. The Labute approximate surface area is 469 Å². The molecule has 76 heavy (non-hydrogen) atoms. The highest BCUT2D eigenvalue weighted by molar-refractivity contribution is 9.10. The summed E-state index contributed by atoms with van der Waals surface area (Å²) in [6.07, 6.45) is -0.584. The molecule has 0 bridgehead atoms. The first kappa shape index (κ1) is 56.0. The van der Waals surface area contributed by atoms with Crippen LogP contribution in [0.5, 0.6) is 0 Å². The van der Waals surface area contributed by atoms with Crippen molar-refractivity contribution in [1.82, 2.24) is 0 Å². The molecule has 2 aliphatic rings. The number of aryl methyl sites for hydroxylation is 2. The number of thiophene rings is 2. The molecule has 396 valence electrons. The monoisotopic (exact) mass is 1190 g/mol. The number of hydrogen-bond donors (Lipinski definition) is 3. The minimum absolute atomic E-state index is 0.0552. The van der Waals surface area contributed by atoms with E-state index < -0.39 is 24.4 Å². The summed E-state index contributed by atoms with van der Waals surface area (Å²) in [5.41, 5.74) is 10.7. The lowest BCUT2D eigenvalue weighted by atomic mass is 9.89. The highest BCUT2D eigenvalue weighted by Gasteiger charge is 2.42. The minimum Gasteiger partial charge on any atom is -0.394 e. The van der Waals surface area contributed by atoms with Gasteiger partial charge in [0.15, 0.2) is 0 Å². The van der Waals surface area contributed by atoms with Gasteiger partial charge in [0.25, 0.3) is 0 Å². The van der Waals surface area contributed by atoms with Crippen LogP contribution in [0.15, 0.2) is 167 Å². The van der Waals surface area contributed by atoms with E-state index in [4.69, 9.17) is 18.9 Å². The van der Waals surface area contributed by atoms with Gasteiger partial charge in [0.2, 0.25) is 0 Å². The third-order valence-corrected chi connectivity index (χ3v) is 17.8. The van der Waals surface area contributed by atoms with Crippen LogP contribution >= 0.6 is 54.5 Å². The molecule has 6 aromatic carbocycles. The van der Waals surface area contributed by atoms with Gasteiger partial charge in [-0.3, -0.25) is 0 Å². The fraction of sp³-hybridized carbons (Fsp3) is 0.302. The smallest absolute Gasteiger partial charge is 0.123 e. The first-order valence-corrected chi connectivity index (χ1v) is 28.9. The van der Waals surface area contributed by atoms with Gasteiger partial charge in [0.1, 0.15) is 36.1 Å². The SMILES string of the molecule is CC[C@@H]1C[C@H](OCc2ccccc2)[C@@H](OCc2ccccc2)[C@H](c2cc(Cc3ccc(-c4ccc(F)cc4)s3)c(C)cc2Br)O1.Cc1cc(Br)c([C@@H]2O[C@H](CO)C[C@H](O)[C@H]2O)cc1Cc1ccc(-c2ccc(F)cc2)s1. The Morgan fingerprint density at radius 3 is 1.54 bits per heavy atom. The second-order valence-electron chi connectivity index (χ2n) is 19.6. The predicted molar refractivity (Wildman–Crippen MR) is 307 cm³/mol. The van der Waals surface area contributed by atoms with Crippen molar-refractivity contribution in [3.63, 3.8) is 0 Å². The van der Waals surface area contributed by atoms with E-state index in [1.807, 2.05) is 73.7 Å². The van der Waals surface area contributed by atoms with Crippen molar-refractivity contribution in [2.45, 2.75) is 115 Å². The van der Waals surface area contributed by atoms with Gasteiger partial charge in [-0.15, -0.1) is 22.7 Å². The summed E-state index contributed by atoms with van der Waals surface area (Å²) in [6, 6.07) is 50.7. The fourth-order valence-corrected chi connectivity index (χ4v) is 13.3. The van der Waals surface area contributed by atoms with E-state index >= 15 is 0 Å². The molecule has 0 spiro atoms. The van der Waals surface area contributed by atoms with E-state index in [-0.39, 0.29) is 49.1 Å². The molecule has 0 aliphatic carbocycles. The minimum atomic E-state index is -1.07. The molecular weight excluding hydrogens is 1130 g/mol. The molecule has 2 aliphatic heterocycles. The van der Waals surface area contributed by atoms with Crippen molar-refractivity contribution in [1.29, 1.82) is 0 Å². The molecule has 2 aromatic heterocycles. The summed E-state index contributed by atoms with van der Waals surface area (Å²) < 4.78 is 54.6. The standard InChI is InChI=1S/C39H38BrFO3S.C24H24BrFO4S/c1-3-32-23-36(42-24-27-10-6-4-7-11-27)39(43-25-28-12-8-5-9-13-28)38(44-32)34-22-30(26(2)20-35(34)40)21-33-18-19-37(45-33)29-14-16-31(41)17-15-29;1-13-8-20(25)19(24-23(29)21(28)11-17(12-27)30-24)10-15(13)9-18-6-7-22(31-18)14-2-4-16(26)5-3-14/h4-20,22,32,36,38-39H,3,21,23-25H2,1-2H3;2-8,10,17,21,23-24,27-29H,9,11-12H2,1H3/t32-,36+,38+,39-;17-,21-,23+,24-/m10/s1. The van der Waals surface area contributed by atoms with Crippen LogP contribution in [-0.2, 0) is 45.0 Å². The number of rotatable bonds is 16. The van der Waals surface area contributed by atoms with Crippen LogP contribution in [0.25, 0.3) is 20.9 Å². The Balaban J connectivity index is 0.000000199. The average molecular weight is 1190 g/mol. The quantitative estimate of drug-likeness (QED) is 0.0887. The summed E-state index contributed by atoms with van der Waals surface area (Å²) in [5.74, 6) is -0.471. The molecule has 4 heterocycles. The van der Waals surface area contributed by atoms with Gasteiger partial charge in [-0.25, -0.2) is 8.78 Å². The van der Waals surface area contributed by atoms with Crippen molar-refractivity contribution in [3.05, 3.63) is 233 Å². The van der Waals surface area contributed by atoms with E-state index in [0.717, 1.165) is 87.3 Å². The van der Waals surface area contributed by atoms with Crippen LogP contribution < -0.4 is 0 Å². The second kappa shape index (κ2) is 26.3. The molecule has 0 unspecified atom stereocenters. The molecule has 10 rings (SSSR count). The normalized spacial score (nSPS) is 21.5. The van der Waals surface area contributed by atoms with Gasteiger partial charge in [0.05, 0.1) is 44.2 Å². The first-order chi connectivity index (χ1) is 36.8. The maximum atomic E-state index is 13.5. The molecule has 8 atom stereocenters. The van der Waals surface area contributed by atoms with Crippen LogP contribution in [0, 0.1) is 25.5 Å². The molecule has 7 nitrogen and oxygen atoms in total. The summed E-state index contributed by atoms with van der Waals surface area (Å²) in [7, 11) is 0. The van der Waals surface area contributed by atoms with Gasteiger partial charge in [0, 0.05) is 54.1 Å². The molecule has 2 saturated heterocycles. The number of benzene rings is 6. The van der Waals surface area contributed by atoms with Crippen LogP contribution in [0.3, 0.4) is 0 Å². The van der Waals surface area contributed by atoms with Crippen molar-refractivity contribution < 1.29 is 43.0 Å². The lowest BCUT2D eigenvalue weighted by Crippen LogP contribution is -2.46. The van der Waals surface area contributed by atoms with E-state index in [9.17, 15) is 24.1 Å². The van der Waals surface area contributed by atoms with Crippen LogP contribution in [0.4, 0.5) is 8.78 Å². The second-order valence-corrected chi connectivity index (χ2v) is 23.6. The molecular formula is C63H62Br2F2O7S2. The number of aliphatic hydroxyl groups excluding tert-OH is 3. The number of halogens is 4. The Morgan fingerprint density at radius 2 is 1.05 bits per heavy atom. The molecule has 8 aromatic rings. The molecule has 13 heteroatoms. The largest absolute Gasteiger partial charge is 0.394 e. The Kier molecular flexibility index (Phi) is 19.4. The first-order valence-electron chi connectivity index (χ1n) is 25.7. The molecule has 2 fully saturated rings. The highest BCUT2D eigenvalue weighted by atomic mass is 79.9. The lowest BCUT2D eigenvalue weighted by Gasteiger charge is -2.42. The topological polar surface area (TPSA) is 97.6 Å². The van der Waals surface area contributed by atoms with Crippen molar-refractivity contribution in [2.24, 2.45) is 0 Å². The molecule has 0 saturated carbocycles. The van der Waals surface area contributed by atoms with E-state index in [2.05, 4.69) is 100 Å². The number of aliphatic hydroxyl groups is 3. The van der Waals surface area contributed by atoms with E-state index in [0.29, 0.717) is 19.6 Å². The Morgan fingerprint density at radius 1 is 0.579 bits per heavy atom. The van der Waals surface area contributed by atoms with Gasteiger partial charge < -0.3 is 34.3 Å². The van der Waals surface area contributed by atoms with Crippen molar-refractivity contribution >= 4 is 54.5 Å². The third kappa shape index (κ3) is 14.1. The zero-order valence-electron chi connectivity index (χ0n) is 42.6. The summed E-state index contributed by atoms with van der Waals surface area (Å²) >= 11 is 10.9. The number of ether oxygens (including phenoxy) is 4. The molecule has 0 amide bonds. The zero-order chi connectivity index (χ0) is 53.3. The van der Waals surface area contributed by atoms with Crippen LogP contribution in [0.1, 0.15) is 92.7 Å². The van der Waals surface area contributed by atoms with Crippen molar-refractivity contribution in [2.75, 3.05) is 6.61 Å². The number of hydrogen-bond acceptors (Lipinski definition) is 9. The van der Waals surface area contributed by atoms with Gasteiger partial charge in [-0.2, -0.15) is 0 Å². The Bertz CT molecular complexity index is 3140. The lowest BCUT2D eigenvalue weighted by molar-refractivity contribution is -0.211. The third-order valence-electron chi connectivity index (χ3n) is 14.1. The summed E-state index contributed by atoms with van der Waals surface area (Å²) in [6.45, 7) is 7.15. The van der Waals surface area contributed by atoms with Crippen molar-refractivity contribution in [3.8, 4) is 20.9 Å². The zero-order valence-corrected chi connectivity index (χ0v) is 47.4. The molecule has 3 N–H and O–H groups in total.